The summed E-state index contributed by atoms with van der Waals surface area (Å²) in [5.41, 5.74) is 2.77. The fourth-order valence-electron chi connectivity index (χ4n) is 4.86. The molecule has 33 heavy (non-hydrogen) atoms. The van der Waals surface area contributed by atoms with E-state index in [0.717, 1.165) is 42.9 Å². The predicted octanol–water partition coefficient (Wildman–Crippen LogP) is 4.34. The number of benzene rings is 1. The van der Waals surface area contributed by atoms with E-state index in [1.807, 2.05) is 50.1 Å². The molecule has 1 amide bonds. The van der Waals surface area contributed by atoms with Gasteiger partial charge in [0, 0.05) is 43.5 Å². The third-order valence-electron chi connectivity index (χ3n) is 6.25. The molecule has 2 atom stereocenters. The number of hydrogen-bond donors (Lipinski definition) is 2. The molecular weight excluding hydrogens is 414 g/mol. The molecule has 1 aromatic heterocycles. The minimum atomic E-state index is -0.467. The maximum atomic E-state index is 12.7. The molecule has 3 heterocycles. The van der Waals surface area contributed by atoms with Crippen molar-refractivity contribution in [3.05, 3.63) is 54.2 Å². The Kier molecular flexibility index (Phi) is 6.86. The van der Waals surface area contributed by atoms with E-state index in [9.17, 15) is 4.79 Å². The minimum Gasteiger partial charge on any atom is -0.444 e. The number of aromatic nitrogens is 1. The minimum absolute atomic E-state index is 0.177. The fraction of sp³-hybridized carbons (Fsp3) is 0.500. The van der Waals surface area contributed by atoms with Crippen LogP contribution in [0, 0.1) is 0 Å². The number of carbonyl (C=O) groups excluding carboxylic acids is 1. The standard InChI is InChI=1S/C26H35N5O2/c1-26(2,3)33-25(32)31-21-11-12-22(31)16-20(15-21)30-24(27-4)29-17-18-8-7-9-19(14-18)23-10-5-6-13-28-23/h5-10,13-14,20-22H,11-12,15-17H2,1-4H3,(H2,27,29,30). The van der Waals surface area contributed by atoms with Crippen LogP contribution >= 0.6 is 0 Å². The summed E-state index contributed by atoms with van der Waals surface area (Å²) in [5.74, 6) is 0.786. The van der Waals surface area contributed by atoms with Crippen LogP contribution in [-0.2, 0) is 11.3 Å². The Morgan fingerprint density at radius 1 is 1.15 bits per heavy atom. The van der Waals surface area contributed by atoms with E-state index in [-0.39, 0.29) is 24.2 Å². The maximum absolute atomic E-state index is 12.7. The van der Waals surface area contributed by atoms with Crippen LogP contribution in [0.1, 0.15) is 52.0 Å². The van der Waals surface area contributed by atoms with Gasteiger partial charge in [0.2, 0.25) is 0 Å². The molecule has 2 fully saturated rings. The summed E-state index contributed by atoms with van der Waals surface area (Å²) < 4.78 is 5.65. The van der Waals surface area contributed by atoms with Crippen LogP contribution < -0.4 is 10.6 Å². The first kappa shape index (κ1) is 23.1. The lowest BCUT2D eigenvalue weighted by molar-refractivity contribution is 0.00545. The van der Waals surface area contributed by atoms with Gasteiger partial charge in [-0.1, -0.05) is 24.3 Å². The molecule has 7 heteroatoms. The molecular formula is C26H35N5O2. The van der Waals surface area contributed by atoms with E-state index in [1.165, 1.54) is 5.56 Å². The molecule has 2 bridgehead atoms. The van der Waals surface area contributed by atoms with Crippen molar-refractivity contribution in [2.45, 2.75) is 76.7 Å². The highest BCUT2D eigenvalue weighted by atomic mass is 16.6. The van der Waals surface area contributed by atoms with Crippen LogP contribution in [0.4, 0.5) is 4.79 Å². The first-order valence-corrected chi connectivity index (χ1v) is 11.8. The maximum Gasteiger partial charge on any atom is 0.410 e. The second-order valence-electron chi connectivity index (χ2n) is 9.93. The molecule has 2 aliphatic heterocycles. The second-order valence-corrected chi connectivity index (χ2v) is 9.93. The van der Waals surface area contributed by atoms with Crippen LogP contribution in [0.5, 0.6) is 0 Å². The lowest BCUT2D eigenvalue weighted by Crippen LogP contribution is -2.54. The zero-order valence-electron chi connectivity index (χ0n) is 20.0. The van der Waals surface area contributed by atoms with Crippen LogP contribution in [0.3, 0.4) is 0 Å². The molecule has 176 valence electrons. The number of hydrogen-bond acceptors (Lipinski definition) is 4. The summed E-state index contributed by atoms with van der Waals surface area (Å²) in [4.78, 5) is 23.5. The molecule has 0 aliphatic carbocycles. The third kappa shape index (κ3) is 5.83. The largest absolute Gasteiger partial charge is 0.444 e. The topological polar surface area (TPSA) is 78.9 Å². The molecule has 2 N–H and O–H groups in total. The molecule has 2 aromatic rings. The molecule has 0 spiro atoms. The van der Waals surface area contributed by atoms with Gasteiger partial charge in [-0.3, -0.25) is 9.98 Å². The molecule has 1 aromatic carbocycles. The van der Waals surface area contributed by atoms with Crippen molar-refractivity contribution < 1.29 is 9.53 Å². The summed E-state index contributed by atoms with van der Waals surface area (Å²) in [6.45, 7) is 6.43. The zero-order chi connectivity index (χ0) is 23.4. The number of fused-ring (bicyclic) bond motifs is 2. The van der Waals surface area contributed by atoms with Crippen molar-refractivity contribution >= 4 is 12.1 Å². The molecule has 4 rings (SSSR count). The molecule has 2 saturated heterocycles. The third-order valence-corrected chi connectivity index (χ3v) is 6.25. The first-order valence-electron chi connectivity index (χ1n) is 11.8. The number of aliphatic imine (C=N–C) groups is 1. The van der Waals surface area contributed by atoms with Gasteiger partial charge in [0.25, 0.3) is 0 Å². The van der Waals surface area contributed by atoms with Crippen molar-refractivity contribution in [2.24, 2.45) is 4.99 Å². The highest BCUT2D eigenvalue weighted by molar-refractivity contribution is 5.80. The van der Waals surface area contributed by atoms with Crippen LogP contribution in [0.15, 0.2) is 53.7 Å². The van der Waals surface area contributed by atoms with E-state index in [0.29, 0.717) is 6.54 Å². The number of piperidine rings is 1. The first-order chi connectivity index (χ1) is 15.8. The molecule has 7 nitrogen and oxygen atoms in total. The Balaban J connectivity index is 1.32. The van der Waals surface area contributed by atoms with Gasteiger partial charge in [-0.25, -0.2) is 4.79 Å². The summed E-state index contributed by atoms with van der Waals surface area (Å²) in [6, 6.07) is 15.1. The van der Waals surface area contributed by atoms with E-state index in [1.54, 1.807) is 7.05 Å². The molecule has 2 aliphatic rings. The van der Waals surface area contributed by atoms with Crippen molar-refractivity contribution in [2.75, 3.05) is 7.05 Å². The Morgan fingerprint density at radius 3 is 2.55 bits per heavy atom. The van der Waals surface area contributed by atoms with Gasteiger partial charge in [0.1, 0.15) is 5.60 Å². The lowest BCUT2D eigenvalue weighted by atomic mass is 9.98. The van der Waals surface area contributed by atoms with Gasteiger partial charge in [-0.2, -0.15) is 0 Å². The van der Waals surface area contributed by atoms with Crippen molar-refractivity contribution in [3.8, 4) is 11.3 Å². The number of nitrogens with one attached hydrogen (secondary N) is 2. The lowest BCUT2D eigenvalue weighted by Gasteiger charge is -2.40. The van der Waals surface area contributed by atoms with Gasteiger partial charge in [-0.05, 0) is 70.2 Å². The van der Waals surface area contributed by atoms with Gasteiger partial charge in [-0.15, -0.1) is 0 Å². The van der Waals surface area contributed by atoms with E-state index < -0.39 is 5.60 Å². The summed E-state index contributed by atoms with van der Waals surface area (Å²) >= 11 is 0. The van der Waals surface area contributed by atoms with Gasteiger partial charge >= 0.3 is 6.09 Å². The van der Waals surface area contributed by atoms with E-state index in [4.69, 9.17) is 4.74 Å². The van der Waals surface area contributed by atoms with Crippen LogP contribution in [-0.4, -0.2) is 52.7 Å². The molecule has 0 radical (unpaired) electrons. The number of pyridine rings is 1. The summed E-state index contributed by atoms with van der Waals surface area (Å²) in [7, 11) is 1.80. The van der Waals surface area contributed by atoms with E-state index in [2.05, 4.69) is 44.9 Å². The Labute approximate surface area is 196 Å². The highest BCUT2D eigenvalue weighted by Crippen LogP contribution is 2.36. The Morgan fingerprint density at radius 2 is 1.91 bits per heavy atom. The normalized spacial score (nSPS) is 22.7. The number of nitrogens with zero attached hydrogens (tertiary/aromatic N) is 3. The molecule has 2 unspecified atom stereocenters. The van der Waals surface area contributed by atoms with Gasteiger partial charge < -0.3 is 20.3 Å². The van der Waals surface area contributed by atoms with Crippen LogP contribution in [0.2, 0.25) is 0 Å². The van der Waals surface area contributed by atoms with Crippen molar-refractivity contribution in [3.63, 3.8) is 0 Å². The fourth-order valence-corrected chi connectivity index (χ4v) is 4.86. The zero-order valence-corrected chi connectivity index (χ0v) is 20.0. The number of ether oxygens (including phenoxy) is 1. The summed E-state index contributed by atoms with van der Waals surface area (Å²) in [5, 5.41) is 7.02. The number of amides is 1. The Bertz CT molecular complexity index is 972. The summed E-state index contributed by atoms with van der Waals surface area (Å²) in [6.07, 6.45) is 5.52. The van der Waals surface area contributed by atoms with E-state index >= 15 is 0 Å². The van der Waals surface area contributed by atoms with Crippen molar-refractivity contribution in [1.82, 2.24) is 20.5 Å². The number of guanidine groups is 1. The second kappa shape index (κ2) is 9.81. The monoisotopic (exact) mass is 449 g/mol. The highest BCUT2D eigenvalue weighted by Gasteiger charge is 2.45. The Hall–Kier alpha value is -3.09. The SMILES string of the molecule is CN=C(NCc1cccc(-c2ccccn2)c1)NC1CC2CCC(C1)N2C(=O)OC(C)(C)C. The van der Waals surface area contributed by atoms with Crippen molar-refractivity contribution in [1.29, 1.82) is 0 Å². The molecule has 0 saturated carbocycles. The number of rotatable bonds is 4. The smallest absolute Gasteiger partial charge is 0.410 e. The van der Waals surface area contributed by atoms with Gasteiger partial charge in [0.05, 0.1) is 5.69 Å². The quantitative estimate of drug-likeness (QED) is 0.536. The average molecular weight is 450 g/mol. The van der Waals surface area contributed by atoms with Crippen LogP contribution in [0.25, 0.3) is 11.3 Å². The average Bonchev–Trinajstić information content (AvgIpc) is 3.07. The van der Waals surface area contributed by atoms with Gasteiger partial charge in [0.15, 0.2) is 5.96 Å². The number of carbonyl (C=O) groups is 1. The predicted molar refractivity (Wildman–Crippen MR) is 131 cm³/mol.